The number of rotatable bonds is 10. The lowest BCUT2D eigenvalue weighted by Gasteiger charge is -2.18. The van der Waals surface area contributed by atoms with E-state index >= 15 is 0 Å². The molecule has 0 spiro atoms. The number of hydrogen-bond acceptors (Lipinski definition) is 9. The van der Waals surface area contributed by atoms with Gasteiger partial charge in [-0.1, -0.05) is 48.5 Å². The van der Waals surface area contributed by atoms with Gasteiger partial charge in [-0.2, -0.15) is 0 Å². The number of hydrogen-bond donors (Lipinski definition) is 2. The maximum absolute atomic E-state index is 12.0. The Balaban J connectivity index is 0.000000197. The third-order valence-corrected chi connectivity index (χ3v) is 6.42. The molecule has 0 amide bonds. The van der Waals surface area contributed by atoms with Crippen molar-refractivity contribution in [1.82, 2.24) is 0 Å². The molecule has 1 aliphatic heterocycles. The van der Waals surface area contributed by atoms with Crippen LogP contribution in [0, 0.1) is 0 Å². The number of benzene rings is 4. The summed E-state index contributed by atoms with van der Waals surface area (Å²) in [5.41, 5.74) is -0.471. The highest BCUT2D eigenvalue weighted by Gasteiger charge is 2.39. The number of carbonyl (C=O) groups is 4. The number of ether oxygens (including phenoxy) is 5. The Kier molecular flexibility index (Phi) is 9.34. The number of carboxylic acids is 2. The predicted molar refractivity (Wildman–Crippen MR) is 156 cm³/mol. The Labute approximate surface area is 246 Å². The second-order valence-electron chi connectivity index (χ2n) is 8.93. The van der Waals surface area contributed by atoms with E-state index < -0.39 is 35.0 Å². The van der Waals surface area contributed by atoms with E-state index in [1.165, 1.54) is 0 Å². The van der Waals surface area contributed by atoms with Crippen LogP contribution in [0.2, 0.25) is 0 Å². The maximum Gasteiger partial charge on any atom is 0.350 e. The number of aromatic carboxylic acids is 2. The fourth-order valence-electron chi connectivity index (χ4n) is 4.91. The zero-order valence-corrected chi connectivity index (χ0v) is 24.0. The van der Waals surface area contributed by atoms with Crippen molar-refractivity contribution in [2.24, 2.45) is 0 Å². The molecule has 0 saturated heterocycles. The summed E-state index contributed by atoms with van der Waals surface area (Å²) in [5.74, 6) is -3.27. The van der Waals surface area contributed by atoms with Gasteiger partial charge in [-0.05, 0) is 27.7 Å². The zero-order chi connectivity index (χ0) is 31.3. The summed E-state index contributed by atoms with van der Waals surface area (Å²) in [4.78, 5) is 47.2. The average Bonchev–Trinajstić information content (AvgIpc) is 3.29. The number of esters is 2. The standard InChI is InChI=1S/C16H16O6.C16H14O5/c1-3-21-13-9-7-5-6-8-10(9)14(22-4-2)12(16(19)20)11(13)15(17)18;1-3-19-13-9-7-5-6-8-10(9)14(20-4-2)12-11(13)15(17)21-16(12)18/h5-8H,3-4H2,1-2H3,(H,17,18)(H,19,20);5-8H,3-4H2,1-2H3. The predicted octanol–water partition coefficient (Wildman–Crippen LogP) is 5.98. The number of carbonyl (C=O) groups excluding carboxylic acids is 2. The van der Waals surface area contributed by atoms with Gasteiger partial charge in [-0.25, -0.2) is 19.2 Å². The van der Waals surface area contributed by atoms with Gasteiger partial charge in [0, 0.05) is 21.5 Å². The van der Waals surface area contributed by atoms with Crippen LogP contribution >= 0.6 is 0 Å². The molecule has 224 valence electrons. The Morgan fingerprint density at radius 2 is 0.837 bits per heavy atom. The van der Waals surface area contributed by atoms with Crippen molar-refractivity contribution in [3.05, 3.63) is 70.8 Å². The fraction of sp³-hybridized carbons (Fsp3) is 0.250. The molecule has 0 aliphatic carbocycles. The zero-order valence-electron chi connectivity index (χ0n) is 24.0. The first-order valence-electron chi connectivity index (χ1n) is 13.6. The number of carboxylic acid groups (broad SMARTS) is 2. The SMILES string of the molecule is CCOc1c(C(=O)O)c(C(=O)O)c(OCC)c2ccccc12.CCOc1c2c(c(OCC)c3ccccc13)C(=O)OC2=O. The van der Waals surface area contributed by atoms with Gasteiger partial charge >= 0.3 is 23.9 Å². The van der Waals surface area contributed by atoms with E-state index in [1.54, 1.807) is 38.1 Å². The molecular weight excluding hydrogens is 560 g/mol. The molecule has 0 aromatic heterocycles. The summed E-state index contributed by atoms with van der Waals surface area (Å²) in [5, 5.41) is 21.4. The molecule has 0 bridgehead atoms. The van der Waals surface area contributed by atoms with Crippen LogP contribution in [0.1, 0.15) is 69.1 Å². The van der Waals surface area contributed by atoms with Crippen molar-refractivity contribution >= 4 is 45.4 Å². The third-order valence-electron chi connectivity index (χ3n) is 6.42. The van der Waals surface area contributed by atoms with Gasteiger partial charge in [0.05, 0.1) is 26.4 Å². The van der Waals surface area contributed by atoms with E-state index in [2.05, 4.69) is 0 Å². The van der Waals surface area contributed by atoms with E-state index in [1.807, 2.05) is 38.1 Å². The normalized spacial score (nSPS) is 11.8. The van der Waals surface area contributed by atoms with E-state index in [0.717, 1.165) is 10.8 Å². The molecule has 5 rings (SSSR count). The van der Waals surface area contributed by atoms with Crippen LogP contribution in [0.4, 0.5) is 0 Å². The lowest BCUT2D eigenvalue weighted by atomic mass is 9.97. The second-order valence-corrected chi connectivity index (χ2v) is 8.93. The highest BCUT2D eigenvalue weighted by molar-refractivity contribution is 6.22. The van der Waals surface area contributed by atoms with Crippen molar-refractivity contribution < 1.29 is 53.1 Å². The van der Waals surface area contributed by atoms with E-state index in [0.29, 0.717) is 35.5 Å². The molecule has 43 heavy (non-hydrogen) atoms. The summed E-state index contributed by atoms with van der Waals surface area (Å²) in [6.07, 6.45) is 0. The van der Waals surface area contributed by atoms with E-state index in [-0.39, 0.29) is 35.8 Å². The first kappa shape index (κ1) is 30.6. The Morgan fingerprint density at radius 3 is 1.12 bits per heavy atom. The minimum atomic E-state index is -1.37. The smallest absolute Gasteiger partial charge is 0.350 e. The summed E-state index contributed by atoms with van der Waals surface area (Å²) in [6, 6.07) is 14.2. The van der Waals surface area contributed by atoms with Gasteiger partial charge in [0.1, 0.15) is 45.3 Å². The lowest BCUT2D eigenvalue weighted by molar-refractivity contribution is 0.0440. The Bertz CT molecular complexity index is 1610. The molecule has 4 aromatic carbocycles. The van der Waals surface area contributed by atoms with Crippen molar-refractivity contribution in [3.63, 3.8) is 0 Å². The van der Waals surface area contributed by atoms with Crippen LogP contribution in [0.5, 0.6) is 23.0 Å². The first-order valence-corrected chi connectivity index (χ1v) is 13.6. The van der Waals surface area contributed by atoms with Crippen LogP contribution in [0.3, 0.4) is 0 Å². The van der Waals surface area contributed by atoms with Gasteiger partial charge in [0.2, 0.25) is 0 Å². The van der Waals surface area contributed by atoms with Gasteiger partial charge < -0.3 is 33.9 Å². The van der Waals surface area contributed by atoms with Gasteiger partial charge in [-0.3, -0.25) is 0 Å². The van der Waals surface area contributed by atoms with Crippen molar-refractivity contribution in [3.8, 4) is 23.0 Å². The summed E-state index contributed by atoms with van der Waals surface area (Å²) >= 11 is 0. The fourth-order valence-corrected chi connectivity index (χ4v) is 4.91. The topological polar surface area (TPSA) is 155 Å². The van der Waals surface area contributed by atoms with Gasteiger partial charge in [0.25, 0.3) is 0 Å². The molecule has 1 aliphatic rings. The van der Waals surface area contributed by atoms with Crippen LogP contribution in [0.15, 0.2) is 48.5 Å². The van der Waals surface area contributed by atoms with Crippen LogP contribution in [-0.2, 0) is 4.74 Å². The molecule has 0 radical (unpaired) electrons. The summed E-state index contributed by atoms with van der Waals surface area (Å²) in [7, 11) is 0. The maximum atomic E-state index is 12.0. The summed E-state index contributed by atoms with van der Waals surface area (Å²) in [6.45, 7) is 8.25. The largest absolute Gasteiger partial charge is 0.492 e. The molecule has 2 N–H and O–H groups in total. The summed E-state index contributed by atoms with van der Waals surface area (Å²) < 4.78 is 26.8. The van der Waals surface area contributed by atoms with Crippen LogP contribution in [0.25, 0.3) is 21.5 Å². The molecule has 1 heterocycles. The molecule has 0 saturated carbocycles. The van der Waals surface area contributed by atoms with Gasteiger partial charge in [-0.15, -0.1) is 0 Å². The molecule has 11 nitrogen and oxygen atoms in total. The van der Waals surface area contributed by atoms with Crippen molar-refractivity contribution in [2.45, 2.75) is 27.7 Å². The minimum absolute atomic E-state index is 0.0476. The Hall–Kier alpha value is -5.32. The number of cyclic esters (lactones) is 2. The van der Waals surface area contributed by atoms with E-state index in [4.69, 9.17) is 23.7 Å². The first-order chi connectivity index (χ1) is 20.7. The second kappa shape index (κ2) is 13.1. The Morgan fingerprint density at radius 1 is 0.558 bits per heavy atom. The quantitative estimate of drug-likeness (QED) is 0.165. The van der Waals surface area contributed by atoms with Crippen LogP contribution < -0.4 is 18.9 Å². The van der Waals surface area contributed by atoms with Gasteiger partial charge in [0.15, 0.2) is 0 Å². The molecule has 0 unspecified atom stereocenters. The lowest BCUT2D eigenvalue weighted by Crippen LogP contribution is -2.14. The third kappa shape index (κ3) is 5.61. The highest BCUT2D eigenvalue weighted by Crippen LogP contribution is 2.44. The van der Waals surface area contributed by atoms with E-state index in [9.17, 15) is 29.4 Å². The average molecular weight is 591 g/mol. The van der Waals surface area contributed by atoms with Crippen molar-refractivity contribution in [2.75, 3.05) is 26.4 Å². The van der Waals surface area contributed by atoms with Crippen molar-refractivity contribution in [1.29, 1.82) is 0 Å². The van der Waals surface area contributed by atoms with Crippen LogP contribution in [-0.4, -0.2) is 60.5 Å². The molecule has 11 heteroatoms. The monoisotopic (exact) mass is 590 g/mol. The molecular formula is C32H30O11. The number of fused-ring (bicyclic) bond motifs is 3. The molecule has 0 fully saturated rings. The molecule has 0 atom stereocenters. The highest BCUT2D eigenvalue weighted by atomic mass is 16.6. The molecule has 4 aromatic rings. The minimum Gasteiger partial charge on any atom is -0.492 e.